The Labute approximate surface area is 147 Å². The average molecular weight is 354 g/mol. The molecule has 5 nitrogen and oxygen atoms in total. The molecule has 0 atom stereocenters. The maximum Gasteiger partial charge on any atom is 0.435 e. The Balaban J connectivity index is 1.92. The summed E-state index contributed by atoms with van der Waals surface area (Å²) in [5.41, 5.74) is -2.51. The molecule has 0 saturated heterocycles. The van der Waals surface area contributed by atoms with Crippen LogP contribution in [0, 0.1) is 5.41 Å². The van der Waals surface area contributed by atoms with Crippen LogP contribution in [0.25, 0.3) is 0 Å². The smallest absolute Gasteiger partial charge is 0.435 e. The van der Waals surface area contributed by atoms with Crippen molar-refractivity contribution in [3.8, 4) is 5.88 Å². The van der Waals surface area contributed by atoms with Crippen molar-refractivity contribution in [3.63, 3.8) is 0 Å². The normalized spacial score (nSPS) is 17.2. The summed E-state index contributed by atoms with van der Waals surface area (Å²) < 4.78 is 50.3. The van der Waals surface area contributed by atoms with Gasteiger partial charge >= 0.3 is 12.3 Å². The van der Waals surface area contributed by atoms with E-state index >= 15 is 0 Å². The molecular formula is C15H19B2F3N2O3. The monoisotopic (exact) mass is 354 g/mol. The van der Waals surface area contributed by atoms with Crippen LogP contribution in [0.1, 0.15) is 40.0 Å². The first kappa shape index (κ1) is 19.7. The van der Waals surface area contributed by atoms with Crippen molar-refractivity contribution in [3.05, 3.63) is 12.3 Å². The third kappa shape index (κ3) is 5.19. The minimum Gasteiger partial charge on any atom is -0.478 e. The van der Waals surface area contributed by atoms with Gasteiger partial charge in [0.15, 0.2) is 0 Å². The molecule has 0 N–H and O–H groups in total. The Kier molecular flexibility index (Phi) is 4.96. The van der Waals surface area contributed by atoms with Crippen LogP contribution in [-0.4, -0.2) is 50.0 Å². The SMILES string of the molecule is [B]C([B])(COc1ccn(C(=O)OC(C)(C)C)n1)CC1(C(F)(F)F)CC1. The molecule has 1 aromatic rings. The quantitative estimate of drug-likeness (QED) is 0.762. The zero-order chi connectivity index (χ0) is 19.1. The minimum atomic E-state index is -4.34. The lowest BCUT2D eigenvalue weighted by atomic mass is 9.51. The zero-order valence-electron chi connectivity index (χ0n) is 14.4. The molecule has 1 heterocycles. The van der Waals surface area contributed by atoms with Gasteiger partial charge in [0, 0.05) is 12.3 Å². The van der Waals surface area contributed by atoms with Crippen LogP contribution in [0.3, 0.4) is 0 Å². The highest BCUT2D eigenvalue weighted by atomic mass is 19.4. The van der Waals surface area contributed by atoms with E-state index in [1.165, 1.54) is 12.3 Å². The lowest BCUT2D eigenvalue weighted by Crippen LogP contribution is -2.33. The second kappa shape index (κ2) is 6.29. The molecule has 134 valence electrons. The molecule has 0 spiro atoms. The average Bonchev–Trinajstić information content (AvgIpc) is 3.02. The number of carbonyl (C=O) groups is 1. The molecule has 10 heteroatoms. The molecule has 1 aliphatic rings. The van der Waals surface area contributed by atoms with E-state index in [4.69, 9.17) is 25.2 Å². The number of nitrogens with zero attached hydrogens (tertiary/aromatic N) is 2. The number of aromatic nitrogens is 2. The maximum absolute atomic E-state index is 13.0. The number of ether oxygens (including phenoxy) is 2. The molecular weight excluding hydrogens is 335 g/mol. The summed E-state index contributed by atoms with van der Waals surface area (Å²) in [6.07, 6.45) is -4.13. The molecule has 1 aromatic heterocycles. The Bertz CT molecular complexity index is 635. The van der Waals surface area contributed by atoms with Crippen molar-refractivity contribution in [1.82, 2.24) is 9.78 Å². The highest BCUT2D eigenvalue weighted by Gasteiger charge is 2.63. The molecule has 0 aliphatic heterocycles. The van der Waals surface area contributed by atoms with Crippen molar-refractivity contribution in [2.24, 2.45) is 5.41 Å². The van der Waals surface area contributed by atoms with Crippen molar-refractivity contribution in [1.29, 1.82) is 0 Å². The lowest BCUT2D eigenvalue weighted by Gasteiger charge is -2.31. The molecule has 0 bridgehead atoms. The van der Waals surface area contributed by atoms with Crippen molar-refractivity contribution < 1.29 is 27.4 Å². The van der Waals surface area contributed by atoms with Crippen molar-refractivity contribution >= 4 is 21.8 Å². The summed E-state index contributed by atoms with van der Waals surface area (Å²) >= 11 is 0. The number of rotatable bonds is 5. The van der Waals surface area contributed by atoms with Gasteiger partial charge in [-0.3, -0.25) is 0 Å². The van der Waals surface area contributed by atoms with Gasteiger partial charge in [-0.05, 0) is 40.0 Å². The summed E-state index contributed by atoms with van der Waals surface area (Å²) in [5, 5.41) is 2.18. The van der Waals surface area contributed by atoms with Crippen LogP contribution in [-0.2, 0) is 4.74 Å². The molecule has 0 aromatic carbocycles. The lowest BCUT2D eigenvalue weighted by molar-refractivity contribution is -0.190. The van der Waals surface area contributed by atoms with Crippen LogP contribution in [0.15, 0.2) is 12.3 Å². The molecule has 4 radical (unpaired) electrons. The van der Waals surface area contributed by atoms with E-state index in [1.807, 2.05) is 0 Å². The van der Waals surface area contributed by atoms with Gasteiger partial charge in [0.1, 0.15) is 5.60 Å². The van der Waals surface area contributed by atoms with Gasteiger partial charge < -0.3 is 9.47 Å². The van der Waals surface area contributed by atoms with Crippen molar-refractivity contribution in [2.75, 3.05) is 6.61 Å². The third-order valence-electron chi connectivity index (χ3n) is 3.76. The summed E-state index contributed by atoms with van der Waals surface area (Å²) in [4.78, 5) is 11.8. The van der Waals surface area contributed by atoms with E-state index in [2.05, 4.69) is 5.10 Å². The molecule has 1 fully saturated rings. The van der Waals surface area contributed by atoms with Crippen molar-refractivity contribution in [2.45, 2.75) is 57.0 Å². The zero-order valence-corrected chi connectivity index (χ0v) is 14.4. The van der Waals surface area contributed by atoms with E-state index in [0.29, 0.717) is 0 Å². The fourth-order valence-corrected chi connectivity index (χ4v) is 2.40. The Morgan fingerprint density at radius 3 is 2.40 bits per heavy atom. The predicted molar refractivity (Wildman–Crippen MR) is 85.9 cm³/mol. The van der Waals surface area contributed by atoms with E-state index < -0.39 is 34.9 Å². The predicted octanol–water partition coefficient (Wildman–Crippen LogP) is 3.23. The van der Waals surface area contributed by atoms with Crippen LogP contribution < -0.4 is 4.74 Å². The van der Waals surface area contributed by atoms with Crippen LogP contribution in [0.4, 0.5) is 18.0 Å². The van der Waals surface area contributed by atoms with E-state index in [-0.39, 0.29) is 25.3 Å². The first-order valence-electron chi connectivity index (χ1n) is 7.79. The van der Waals surface area contributed by atoms with Gasteiger partial charge in [-0.2, -0.15) is 17.9 Å². The highest BCUT2D eigenvalue weighted by molar-refractivity contribution is 6.40. The minimum absolute atomic E-state index is 0.0138. The Morgan fingerprint density at radius 1 is 1.32 bits per heavy atom. The van der Waals surface area contributed by atoms with Gasteiger partial charge in [0.2, 0.25) is 5.88 Å². The number of carbonyl (C=O) groups excluding carboxylic acids is 1. The summed E-state index contributed by atoms with van der Waals surface area (Å²) in [5.74, 6) is 0.0167. The summed E-state index contributed by atoms with van der Waals surface area (Å²) in [7, 11) is 11.5. The Hall–Kier alpha value is -1.60. The fourth-order valence-electron chi connectivity index (χ4n) is 2.40. The second-order valence-corrected chi connectivity index (χ2v) is 7.56. The fraction of sp³-hybridized carbons (Fsp3) is 0.733. The highest BCUT2D eigenvalue weighted by Crippen LogP contribution is 2.63. The first-order chi connectivity index (χ1) is 11.2. The third-order valence-corrected chi connectivity index (χ3v) is 3.76. The largest absolute Gasteiger partial charge is 0.478 e. The maximum atomic E-state index is 13.0. The second-order valence-electron chi connectivity index (χ2n) is 7.56. The molecule has 1 aliphatic carbocycles. The van der Waals surface area contributed by atoms with Gasteiger partial charge in [0.25, 0.3) is 0 Å². The number of halogens is 3. The number of hydrogen-bond acceptors (Lipinski definition) is 4. The van der Waals surface area contributed by atoms with Gasteiger partial charge in [-0.15, -0.1) is 5.10 Å². The van der Waals surface area contributed by atoms with E-state index in [1.54, 1.807) is 20.8 Å². The van der Waals surface area contributed by atoms with Gasteiger partial charge in [-0.25, -0.2) is 4.79 Å². The topological polar surface area (TPSA) is 53.4 Å². The summed E-state index contributed by atoms with van der Waals surface area (Å²) in [6.45, 7) is 4.75. The van der Waals surface area contributed by atoms with E-state index in [9.17, 15) is 18.0 Å². The molecule has 0 amide bonds. The van der Waals surface area contributed by atoms with Crippen LogP contribution in [0.2, 0.25) is 5.21 Å². The standard InChI is InChI=1S/C15H19B2F3N2O3/c1-12(2,3)25-11(23)22-7-4-10(21-22)24-9-14(16,17)8-13(5-6-13)15(18,19)20/h4,7H,5-6,8-9H2,1-3H3. The number of hydrogen-bond donors (Lipinski definition) is 0. The van der Waals surface area contributed by atoms with Crippen LogP contribution in [0.5, 0.6) is 5.88 Å². The first-order valence-corrected chi connectivity index (χ1v) is 7.79. The Morgan fingerprint density at radius 2 is 1.92 bits per heavy atom. The number of alkyl halides is 3. The van der Waals surface area contributed by atoms with Gasteiger partial charge in [-0.1, -0.05) is 5.21 Å². The molecule has 0 unspecified atom stereocenters. The summed E-state index contributed by atoms with van der Waals surface area (Å²) in [6, 6.07) is 1.37. The molecule has 1 saturated carbocycles. The van der Waals surface area contributed by atoms with Crippen LogP contribution >= 0.6 is 0 Å². The van der Waals surface area contributed by atoms with E-state index in [0.717, 1.165) is 4.68 Å². The molecule has 2 rings (SSSR count). The molecule has 25 heavy (non-hydrogen) atoms. The van der Waals surface area contributed by atoms with Gasteiger partial charge in [0.05, 0.1) is 27.7 Å².